The van der Waals surface area contributed by atoms with Crippen LogP contribution in [0.25, 0.3) is 0 Å². The van der Waals surface area contributed by atoms with Crippen molar-refractivity contribution in [2.24, 2.45) is 5.92 Å². The van der Waals surface area contributed by atoms with Crippen LogP contribution in [0.1, 0.15) is 23.6 Å². The standard InChI is InChI=1S/C18H20N2O.ClH/c21-18-8-4-7-17-16-9-15(12-20(17)18)11-19(13-16)10-14-5-2-1-3-6-14;/h1-8,15-16H,9-13H2;1H/t15-,16+;/m1./s1. The van der Waals surface area contributed by atoms with Crippen molar-refractivity contribution in [2.45, 2.75) is 25.4 Å². The minimum absolute atomic E-state index is 0. The summed E-state index contributed by atoms with van der Waals surface area (Å²) in [6.45, 7) is 4.07. The molecule has 1 aromatic heterocycles. The lowest BCUT2D eigenvalue weighted by Crippen LogP contribution is -2.46. The molecule has 1 aromatic carbocycles. The maximum atomic E-state index is 12.0. The van der Waals surface area contributed by atoms with E-state index in [4.69, 9.17) is 0 Å². The Morgan fingerprint density at radius 1 is 0.955 bits per heavy atom. The van der Waals surface area contributed by atoms with Crippen LogP contribution in [0.15, 0.2) is 53.3 Å². The lowest BCUT2D eigenvalue weighted by Gasteiger charge is -2.42. The molecule has 2 bridgehead atoms. The first kappa shape index (κ1) is 15.3. The predicted molar refractivity (Wildman–Crippen MR) is 90.5 cm³/mol. The Balaban J connectivity index is 0.00000144. The van der Waals surface area contributed by atoms with Crippen LogP contribution in [0.3, 0.4) is 0 Å². The van der Waals surface area contributed by atoms with Gasteiger partial charge in [-0.1, -0.05) is 36.4 Å². The summed E-state index contributed by atoms with van der Waals surface area (Å²) < 4.78 is 2.00. The summed E-state index contributed by atoms with van der Waals surface area (Å²) >= 11 is 0. The summed E-state index contributed by atoms with van der Waals surface area (Å²) in [4.78, 5) is 14.6. The lowest BCUT2D eigenvalue weighted by atomic mass is 9.83. The van der Waals surface area contributed by atoms with E-state index in [1.54, 1.807) is 6.07 Å². The maximum absolute atomic E-state index is 12.0. The molecule has 116 valence electrons. The number of halogens is 1. The third kappa shape index (κ3) is 2.83. The molecule has 0 radical (unpaired) electrons. The fourth-order valence-corrected chi connectivity index (χ4v) is 3.97. The Labute approximate surface area is 137 Å². The van der Waals surface area contributed by atoms with Crippen LogP contribution < -0.4 is 5.56 Å². The number of rotatable bonds is 2. The zero-order chi connectivity index (χ0) is 14.2. The van der Waals surface area contributed by atoms with Crippen LogP contribution in [0, 0.1) is 5.92 Å². The minimum atomic E-state index is 0. The van der Waals surface area contributed by atoms with Crippen LogP contribution in [0.2, 0.25) is 0 Å². The van der Waals surface area contributed by atoms with Crippen LogP contribution in [0.5, 0.6) is 0 Å². The van der Waals surface area contributed by atoms with E-state index in [1.807, 2.05) is 10.6 Å². The van der Waals surface area contributed by atoms with Gasteiger partial charge in [0.2, 0.25) is 0 Å². The number of nitrogens with zero attached hydrogens (tertiary/aromatic N) is 2. The normalized spacial score (nSPS) is 23.5. The average Bonchev–Trinajstić information content (AvgIpc) is 2.49. The van der Waals surface area contributed by atoms with E-state index in [0.717, 1.165) is 26.2 Å². The number of likely N-dealkylation sites (tertiary alicyclic amines) is 1. The number of aromatic nitrogens is 1. The maximum Gasteiger partial charge on any atom is 0.250 e. The molecule has 1 saturated heterocycles. The second-order valence-electron chi connectivity index (χ2n) is 6.38. The summed E-state index contributed by atoms with van der Waals surface area (Å²) in [6, 6.07) is 16.4. The largest absolute Gasteiger partial charge is 0.312 e. The second kappa shape index (κ2) is 6.27. The highest BCUT2D eigenvalue weighted by Crippen LogP contribution is 2.35. The van der Waals surface area contributed by atoms with Gasteiger partial charge in [-0.2, -0.15) is 0 Å². The van der Waals surface area contributed by atoms with Crippen molar-refractivity contribution >= 4 is 12.4 Å². The highest BCUT2D eigenvalue weighted by molar-refractivity contribution is 5.85. The third-order valence-corrected chi connectivity index (χ3v) is 4.80. The minimum Gasteiger partial charge on any atom is -0.312 e. The van der Waals surface area contributed by atoms with E-state index < -0.39 is 0 Å². The number of benzene rings is 1. The van der Waals surface area contributed by atoms with Gasteiger partial charge >= 0.3 is 0 Å². The molecule has 3 nitrogen and oxygen atoms in total. The lowest BCUT2D eigenvalue weighted by molar-refractivity contribution is 0.114. The van der Waals surface area contributed by atoms with Crippen molar-refractivity contribution in [2.75, 3.05) is 13.1 Å². The number of hydrogen-bond acceptors (Lipinski definition) is 2. The van der Waals surface area contributed by atoms with Gasteiger partial charge in [-0.15, -0.1) is 12.4 Å². The van der Waals surface area contributed by atoms with Gasteiger partial charge in [0, 0.05) is 43.9 Å². The molecule has 3 heterocycles. The van der Waals surface area contributed by atoms with Gasteiger partial charge in [0.15, 0.2) is 0 Å². The zero-order valence-corrected chi connectivity index (χ0v) is 13.3. The fourth-order valence-electron chi connectivity index (χ4n) is 3.97. The molecule has 2 aliphatic heterocycles. The van der Waals surface area contributed by atoms with Crippen molar-refractivity contribution < 1.29 is 0 Å². The molecular weight excluding hydrogens is 296 g/mol. The SMILES string of the molecule is Cl.O=c1cccc2n1C[C@@H]1C[C@H]2CN(Cc2ccccc2)C1. The summed E-state index contributed by atoms with van der Waals surface area (Å²) in [5.41, 5.74) is 2.78. The molecular formula is C18H21ClN2O. The molecule has 0 N–H and O–H groups in total. The molecule has 0 amide bonds. The number of hydrogen-bond donors (Lipinski definition) is 0. The fraction of sp³-hybridized carbons (Fsp3) is 0.389. The quantitative estimate of drug-likeness (QED) is 0.851. The van der Waals surface area contributed by atoms with Gasteiger partial charge < -0.3 is 4.57 Å². The Bertz CT molecular complexity index is 698. The van der Waals surface area contributed by atoms with E-state index in [2.05, 4.69) is 41.3 Å². The highest BCUT2D eigenvalue weighted by Gasteiger charge is 2.34. The van der Waals surface area contributed by atoms with Gasteiger partial charge in [-0.3, -0.25) is 9.69 Å². The highest BCUT2D eigenvalue weighted by atomic mass is 35.5. The topological polar surface area (TPSA) is 25.2 Å². The van der Waals surface area contributed by atoms with Gasteiger partial charge in [0.25, 0.3) is 5.56 Å². The van der Waals surface area contributed by atoms with Crippen LogP contribution >= 0.6 is 12.4 Å². The monoisotopic (exact) mass is 316 g/mol. The molecule has 4 heteroatoms. The molecule has 22 heavy (non-hydrogen) atoms. The van der Waals surface area contributed by atoms with E-state index in [0.29, 0.717) is 11.8 Å². The van der Waals surface area contributed by atoms with Crippen molar-refractivity contribution in [3.05, 3.63) is 70.1 Å². The molecule has 1 fully saturated rings. The predicted octanol–water partition coefficient (Wildman–Crippen LogP) is 2.89. The van der Waals surface area contributed by atoms with Gasteiger partial charge in [0.1, 0.15) is 0 Å². The average molecular weight is 317 g/mol. The Kier molecular flexibility index (Phi) is 4.37. The summed E-state index contributed by atoms with van der Waals surface area (Å²) in [7, 11) is 0. The summed E-state index contributed by atoms with van der Waals surface area (Å²) in [5.74, 6) is 1.12. The first-order chi connectivity index (χ1) is 10.3. The van der Waals surface area contributed by atoms with E-state index in [1.165, 1.54) is 17.7 Å². The zero-order valence-electron chi connectivity index (χ0n) is 12.5. The summed E-state index contributed by atoms with van der Waals surface area (Å²) in [6.07, 6.45) is 1.23. The second-order valence-corrected chi connectivity index (χ2v) is 6.38. The molecule has 0 aliphatic carbocycles. The van der Waals surface area contributed by atoms with E-state index >= 15 is 0 Å². The summed E-state index contributed by atoms with van der Waals surface area (Å²) in [5, 5.41) is 0. The van der Waals surface area contributed by atoms with Crippen molar-refractivity contribution in [3.8, 4) is 0 Å². The Morgan fingerprint density at radius 3 is 2.59 bits per heavy atom. The number of pyridine rings is 1. The van der Waals surface area contributed by atoms with Crippen molar-refractivity contribution in [1.82, 2.24) is 9.47 Å². The smallest absolute Gasteiger partial charge is 0.250 e. The van der Waals surface area contributed by atoms with Crippen LogP contribution in [0.4, 0.5) is 0 Å². The molecule has 0 spiro atoms. The van der Waals surface area contributed by atoms with Gasteiger partial charge in [-0.05, 0) is 24.0 Å². The van der Waals surface area contributed by atoms with Crippen molar-refractivity contribution in [1.29, 1.82) is 0 Å². The molecule has 2 atom stereocenters. The Morgan fingerprint density at radius 2 is 1.77 bits per heavy atom. The molecule has 0 unspecified atom stereocenters. The molecule has 2 aromatic rings. The molecule has 0 saturated carbocycles. The Hall–Kier alpha value is -1.58. The number of piperidine rings is 1. The first-order valence-corrected chi connectivity index (χ1v) is 7.75. The van der Waals surface area contributed by atoms with Gasteiger partial charge in [-0.25, -0.2) is 0 Å². The van der Waals surface area contributed by atoms with Gasteiger partial charge in [0.05, 0.1) is 0 Å². The third-order valence-electron chi connectivity index (χ3n) is 4.80. The first-order valence-electron chi connectivity index (χ1n) is 7.75. The van der Waals surface area contributed by atoms with Crippen LogP contribution in [-0.2, 0) is 13.1 Å². The van der Waals surface area contributed by atoms with E-state index in [-0.39, 0.29) is 18.0 Å². The van der Waals surface area contributed by atoms with Crippen LogP contribution in [-0.4, -0.2) is 22.6 Å². The number of fused-ring (bicyclic) bond motifs is 4. The van der Waals surface area contributed by atoms with Crippen molar-refractivity contribution in [3.63, 3.8) is 0 Å². The molecule has 2 aliphatic rings. The molecule has 4 rings (SSSR count). The van der Waals surface area contributed by atoms with E-state index in [9.17, 15) is 4.79 Å².